The van der Waals surface area contributed by atoms with Gasteiger partial charge in [-0.05, 0) is 24.3 Å². The molecule has 2 atom stereocenters. The number of nitrogens with two attached hydrogens (primary N) is 1. The molecule has 0 spiro atoms. The molecule has 6 heteroatoms. The Morgan fingerprint density at radius 3 is 2.57 bits per heavy atom. The van der Waals surface area contributed by atoms with E-state index in [9.17, 15) is 9.59 Å². The molecule has 1 amide bonds. The average molecular weight is 320 g/mol. The summed E-state index contributed by atoms with van der Waals surface area (Å²) in [5, 5.41) is 2.79. The third kappa shape index (κ3) is 4.77. The lowest BCUT2D eigenvalue weighted by Crippen LogP contribution is -2.48. The van der Waals surface area contributed by atoms with Crippen molar-refractivity contribution < 1.29 is 19.1 Å². The second-order valence-corrected chi connectivity index (χ2v) is 5.71. The van der Waals surface area contributed by atoms with Crippen molar-refractivity contribution in [2.45, 2.75) is 24.8 Å². The third-order valence-corrected chi connectivity index (χ3v) is 4.24. The lowest BCUT2D eigenvalue weighted by Gasteiger charge is -2.27. The number of benzene rings is 1. The Bertz CT molecular complexity index is 515. The van der Waals surface area contributed by atoms with Gasteiger partial charge in [0.2, 0.25) is 5.91 Å². The Hall–Kier alpha value is -1.92. The van der Waals surface area contributed by atoms with E-state index in [0.717, 1.165) is 18.4 Å². The number of methoxy groups -OCH3 is 1. The van der Waals surface area contributed by atoms with E-state index in [-0.39, 0.29) is 24.3 Å². The van der Waals surface area contributed by atoms with E-state index < -0.39 is 12.0 Å². The lowest BCUT2D eigenvalue weighted by molar-refractivity contribution is -0.142. The quantitative estimate of drug-likeness (QED) is 0.757. The number of carbonyl (C=O) groups excluding carboxylic acids is 2. The minimum atomic E-state index is -0.576. The summed E-state index contributed by atoms with van der Waals surface area (Å²) in [4.78, 5) is 24.2. The van der Waals surface area contributed by atoms with Crippen LogP contribution >= 0.6 is 0 Å². The molecule has 23 heavy (non-hydrogen) atoms. The molecule has 2 rings (SSSR count). The number of carbonyl (C=O) groups is 2. The molecule has 1 heterocycles. The molecule has 0 aliphatic carbocycles. The van der Waals surface area contributed by atoms with Crippen molar-refractivity contribution in [1.82, 2.24) is 5.32 Å². The molecule has 0 saturated carbocycles. The molecule has 1 aliphatic heterocycles. The van der Waals surface area contributed by atoms with Crippen LogP contribution in [0.4, 0.5) is 0 Å². The highest BCUT2D eigenvalue weighted by Crippen LogP contribution is 2.19. The zero-order valence-corrected chi connectivity index (χ0v) is 13.4. The predicted molar refractivity (Wildman–Crippen MR) is 85.7 cm³/mol. The molecule has 0 radical (unpaired) electrons. The lowest BCUT2D eigenvalue weighted by atomic mass is 9.91. The maximum absolute atomic E-state index is 12.3. The van der Waals surface area contributed by atoms with Crippen LogP contribution in [0.1, 0.15) is 24.3 Å². The third-order valence-electron chi connectivity index (χ3n) is 4.24. The monoisotopic (exact) mass is 320 g/mol. The largest absolute Gasteiger partial charge is 0.468 e. The van der Waals surface area contributed by atoms with Gasteiger partial charge in [-0.2, -0.15) is 0 Å². The van der Waals surface area contributed by atoms with Crippen molar-refractivity contribution in [1.29, 1.82) is 0 Å². The maximum atomic E-state index is 12.3. The second-order valence-electron chi connectivity index (χ2n) is 5.71. The molecule has 1 fully saturated rings. The Kier molecular flexibility index (Phi) is 6.55. The number of rotatable bonds is 6. The number of ether oxygens (including phenoxy) is 2. The van der Waals surface area contributed by atoms with E-state index in [1.54, 1.807) is 0 Å². The van der Waals surface area contributed by atoms with Gasteiger partial charge in [0.25, 0.3) is 0 Å². The number of hydrogen-bond donors (Lipinski definition) is 2. The summed E-state index contributed by atoms with van der Waals surface area (Å²) in [6.07, 6.45) is 1.57. The van der Waals surface area contributed by atoms with Crippen molar-refractivity contribution in [3.8, 4) is 0 Å². The molecule has 0 aromatic heterocycles. The highest BCUT2D eigenvalue weighted by atomic mass is 16.5. The van der Waals surface area contributed by atoms with Gasteiger partial charge in [0, 0.05) is 19.8 Å². The Labute approximate surface area is 136 Å². The van der Waals surface area contributed by atoms with Crippen LogP contribution in [0.3, 0.4) is 0 Å². The van der Waals surface area contributed by atoms with Gasteiger partial charge in [-0.15, -0.1) is 0 Å². The number of amides is 1. The number of nitrogens with one attached hydrogen (secondary N) is 1. The summed E-state index contributed by atoms with van der Waals surface area (Å²) in [6.45, 7) is 1.45. The van der Waals surface area contributed by atoms with Crippen LogP contribution in [0.15, 0.2) is 30.3 Å². The second kappa shape index (κ2) is 8.64. The van der Waals surface area contributed by atoms with E-state index in [2.05, 4.69) is 5.32 Å². The van der Waals surface area contributed by atoms with Gasteiger partial charge in [-0.25, -0.2) is 0 Å². The summed E-state index contributed by atoms with van der Waals surface area (Å²) in [5.74, 6) is -1.03. The van der Waals surface area contributed by atoms with Crippen LogP contribution in [0.5, 0.6) is 0 Å². The highest BCUT2D eigenvalue weighted by molar-refractivity contribution is 5.84. The van der Waals surface area contributed by atoms with Gasteiger partial charge in [0.1, 0.15) is 0 Å². The fourth-order valence-electron chi connectivity index (χ4n) is 2.77. The summed E-state index contributed by atoms with van der Waals surface area (Å²) >= 11 is 0. The van der Waals surface area contributed by atoms with Crippen molar-refractivity contribution in [3.63, 3.8) is 0 Å². The normalized spacial score (nSPS) is 18.0. The molecule has 3 N–H and O–H groups in total. The molecule has 1 saturated heterocycles. The van der Waals surface area contributed by atoms with Crippen LogP contribution in [0.25, 0.3) is 0 Å². The molecular weight excluding hydrogens is 296 g/mol. The fourth-order valence-corrected chi connectivity index (χ4v) is 2.77. The standard InChI is InChI=1S/C17H24N2O4/c1-22-17(21)14(12-5-3-2-4-6-12)11-19-16(20)15(18)13-7-9-23-10-8-13/h2-6,13-15H,7-11,18H2,1H3,(H,19,20). The van der Waals surface area contributed by atoms with Crippen molar-refractivity contribution in [2.75, 3.05) is 26.9 Å². The average Bonchev–Trinajstić information content (AvgIpc) is 2.62. The molecule has 6 nitrogen and oxygen atoms in total. The molecule has 126 valence electrons. The first-order valence-corrected chi connectivity index (χ1v) is 7.87. The summed E-state index contributed by atoms with van der Waals surface area (Å²) in [7, 11) is 1.34. The molecule has 2 unspecified atom stereocenters. The van der Waals surface area contributed by atoms with E-state index in [0.29, 0.717) is 13.2 Å². The zero-order valence-electron chi connectivity index (χ0n) is 13.4. The molecule has 0 bridgehead atoms. The van der Waals surface area contributed by atoms with Crippen molar-refractivity contribution in [3.05, 3.63) is 35.9 Å². The van der Waals surface area contributed by atoms with E-state index in [1.165, 1.54) is 7.11 Å². The molecule has 1 aliphatic rings. The van der Waals surface area contributed by atoms with Gasteiger partial charge < -0.3 is 20.5 Å². The first kappa shape index (κ1) is 17.4. The van der Waals surface area contributed by atoms with Crippen LogP contribution < -0.4 is 11.1 Å². The van der Waals surface area contributed by atoms with Crippen LogP contribution in [0.2, 0.25) is 0 Å². The fraction of sp³-hybridized carbons (Fsp3) is 0.529. The first-order chi connectivity index (χ1) is 11.1. The van der Waals surface area contributed by atoms with Gasteiger partial charge in [0.05, 0.1) is 19.1 Å². The maximum Gasteiger partial charge on any atom is 0.314 e. The van der Waals surface area contributed by atoms with Gasteiger partial charge in [-0.1, -0.05) is 30.3 Å². The van der Waals surface area contributed by atoms with Crippen LogP contribution in [-0.4, -0.2) is 44.8 Å². The summed E-state index contributed by atoms with van der Waals surface area (Å²) in [6, 6.07) is 8.67. The Morgan fingerprint density at radius 1 is 1.30 bits per heavy atom. The van der Waals surface area contributed by atoms with Gasteiger partial charge >= 0.3 is 5.97 Å². The minimum absolute atomic E-state index is 0.122. The first-order valence-electron chi connectivity index (χ1n) is 7.87. The molecule has 1 aromatic rings. The highest BCUT2D eigenvalue weighted by Gasteiger charge is 2.28. The van der Waals surface area contributed by atoms with Crippen LogP contribution in [0, 0.1) is 5.92 Å². The van der Waals surface area contributed by atoms with Gasteiger partial charge in [-0.3, -0.25) is 9.59 Å². The Balaban J connectivity index is 1.95. The van der Waals surface area contributed by atoms with Crippen molar-refractivity contribution in [2.24, 2.45) is 11.7 Å². The van der Waals surface area contributed by atoms with E-state index in [1.807, 2.05) is 30.3 Å². The SMILES string of the molecule is COC(=O)C(CNC(=O)C(N)C1CCOCC1)c1ccccc1. The van der Waals surface area contributed by atoms with E-state index in [4.69, 9.17) is 15.2 Å². The number of hydrogen-bond acceptors (Lipinski definition) is 5. The van der Waals surface area contributed by atoms with E-state index >= 15 is 0 Å². The summed E-state index contributed by atoms with van der Waals surface area (Å²) < 4.78 is 10.1. The number of esters is 1. The minimum Gasteiger partial charge on any atom is -0.468 e. The van der Waals surface area contributed by atoms with Crippen LogP contribution in [-0.2, 0) is 19.1 Å². The molecular formula is C17H24N2O4. The molecule has 1 aromatic carbocycles. The van der Waals surface area contributed by atoms with Gasteiger partial charge in [0.15, 0.2) is 0 Å². The topological polar surface area (TPSA) is 90.7 Å². The van der Waals surface area contributed by atoms with Crippen molar-refractivity contribution >= 4 is 11.9 Å². The Morgan fingerprint density at radius 2 is 1.96 bits per heavy atom. The smallest absolute Gasteiger partial charge is 0.314 e. The summed E-state index contributed by atoms with van der Waals surface area (Å²) in [5.41, 5.74) is 6.85. The predicted octanol–water partition coefficient (Wildman–Crippen LogP) is 0.813. The zero-order chi connectivity index (χ0) is 16.7.